The Bertz CT molecular complexity index is 533. The molecule has 0 bridgehead atoms. The van der Waals surface area contributed by atoms with Gasteiger partial charge in [0, 0.05) is 0 Å². The van der Waals surface area contributed by atoms with Crippen LogP contribution in [0.4, 0.5) is 0 Å². The molecule has 0 amide bonds. The molecule has 0 aliphatic carbocycles. The molecule has 0 radical (unpaired) electrons. The van der Waals surface area contributed by atoms with Gasteiger partial charge in [-0.3, -0.25) is 0 Å². The van der Waals surface area contributed by atoms with E-state index < -0.39 is 0 Å². The van der Waals surface area contributed by atoms with Crippen LogP contribution in [0.1, 0.15) is 117 Å². The molecule has 0 unspecified atom stereocenters. The maximum Gasteiger partial charge on any atom is -0.00978 e. The molecule has 2 aromatic carbocycles. The van der Waals surface area contributed by atoms with Crippen molar-refractivity contribution in [3.63, 3.8) is 0 Å². The zero-order chi connectivity index (χ0) is 18.5. The van der Waals surface area contributed by atoms with Gasteiger partial charge in [0.1, 0.15) is 0 Å². The molecule has 0 atom stereocenters. The highest BCUT2D eigenvalue weighted by Gasteiger charge is 2.02. The summed E-state index contributed by atoms with van der Waals surface area (Å²) in [5, 5.41) is 2.73. The lowest BCUT2D eigenvalue weighted by atomic mass is 9.96. The topological polar surface area (TPSA) is 0 Å². The van der Waals surface area contributed by atoms with Gasteiger partial charge in [-0.1, -0.05) is 142 Å². The normalized spacial score (nSPS) is 8.37. The van der Waals surface area contributed by atoms with Crippen LogP contribution in [0.2, 0.25) is 0 Å². The van der Waals surface area contributed by atoms with Crippen molar-refractivity contribution in [3.8, 4) is 0 Å². The first-order valence-corrected chi connectivity index (χ1v) is 10.0. The molecule has 0 aliphatic rings. The molecule has 0 fully saturated rings. The Morgan fingerprint density at radius 3 is 1.47 bits per heavy atom. The Labute approximate surface area is 200 Å². The summed E-state index contributed by atoms with van der Waals surface area (Å²) in [6, 6.07) is 15.1. The lowest BCUT2D eigenvalue weighted by Gasteiger charge is -2.08. The minimum absolute atomic E-state index is 0. The number of rotatable bonds is 4. The van der Waals surface area contributed by atoms with E-state index in [2.05, 4.69) is 104 Å². The molecule has 0 nitrogen and oxygen atoms in total. The second kappa shape index (κ2) is 28.1. The van der Waals surface area contributed by atoms with Crippen LogP contribution >= 0.6 is 12.6 Å². The van der Waals surface area contributed by atoms with Crippen molar-refractivity contribution < 1.29 is 0 Å². The maximum atomic E-state index is 4.10. The van der Waals surface area contributed by atoms with E-state index in [-0.39, 0.29) is 44.6 Å². The van der Waals surface area contributed by atoms with E-state index >= 15 is 0 Å². The zero-order valence-corrected chi connectivity index (χ0v) is 17.7. The van der Waals surface area contributed by atoms with E-state index in [1.54, 1.807) is 0 Å². The van der Waals surface area contributed by atoms with Crippen molar-refractivity contribution in [1.29, 1.82) is 0 Å². The van der Waals surface area contributed by atoms with Gasteiger partial charge in [-0.05, 0) is 46.3 Å². The van der Waals surface area contributed by atoms with Crippen molar-refractivity contribution in [2.24, 2.45) is 11.8 Å². The number of fused-ring (bicyclic) bond motifs is 1. The lowest BCUT2D eigenvalue weighted by Crippen LogP contribution is -1.88. The summed E-state index contributed by atoms with van der Waals surface area (Å²) in [5.74, 6) is 3.33. The highest BCUT2D eigenvalue weighted by atomic mass is 32.1. The Morgan fingerprint density at radius 2 is 1.10 bits per heavy atom. The number of hydrogen-bond acceptors (Lipinski definition) is 1. The van der Waals surface area contributed by atoms with Crippen LogP contribution in [0.15, 0.2) is 42.5 Å². The fourth-order valence-corrected chi connectivity index (χ4v) is 2.44. The lowest BCUT2D eigenvalue weighted by molar-refractivity contribution is 0.579. The molecule has 0 saturated heterocycles. The third-order valence-electron chi connectivity index (χ3n) is 3.38. The summed E-state index contributed by atoms with van der Waals surface area (Å²) in [5.41, 5.74) is 1.44. The second-order valence-electron chi connectivity index (χ2n) is 7.71. The van der Waals surface area contributed by atoms with Gasteiger partial charge in [-0.25, -0.2) is 0 Å². The van der Waals surface area contributed by atoms with Crippen LogP contribution in [-0.2, 0) is 0 Å². The molecule has 184 valence electrons. The van der Waals surface area contributed by atoms with Crippen molar-refractivity contribution in [3.05, 3.63) is 48.0 Å². The Kier molecular flexibility index (Phi) is 44.0. The van der Waals surface area contributed by atoms with Crippen LogP contribution in [0.3, 0.4) is 0 Å². The predicted molar refractivity (Wildman–Crippen MR) is 157 cm³/mol. The van der Waals surface area contributed by atoms with E-state index in [0.29, 0.717) is 5.92 Å². The third-order valence-corrected chi connectivity index (χ3v) is 3.70. The first kappa shape index (κ1) is 47.0. The highest BCUT2D eigenvalue weighted by Crippen LogP contribution is 2.24. The van der Waals surface area contributed by atoms with Gasteiger partial charge in [-0.15, -0.1) is 0 Å². The quantitative estimate of drug-likeness (QED) is 0.447. The molecular weight excluding hydrogens is 380 g/mol. The van der Waals surface area contributed by atoms with Crippen LogP contribution in [0.25, 0.3) is 10.8 Å². The molecule has 0 aliphatic heterocycles. The van der Waals surface area contributed by atoms with Gasteiger partial charge in [0.15, 0.2) is 0 Å². The summed E-state index contributed by atoms with van der Waals surface area (Å²) in [6.45, 7) is 15.5. The first-order chi connectivity index (χ1) is 11.3. The van der Waals surface area contributed by atoms with Crippen LogP contribution in [-0.4, -0.2) is 5.75 Å². The number of thiol groups is 1. The van der Waals surface area contributed by atoms with E-state index in [1.807, 2.05) is 0 Å². The van der Waals surface area contributed by atoms with Gasteiger partial charge >= 0.3 is 0 Å². The summed E-state index contributed by atoms with van der Waals surface area (Å²) in [7, 11) is 0. The highest BCUT2D eigenvalue weighted by molar-refractivity contribution is 7.80. The van der Waals surface area contributed by atoms with E-state index in [0.717, 1.165) is 17.6 Å². The van der Waals surface area contributed by atoms with Gasteiger partial charge in [0.25, 0.3) is 0 Å². The predicted octanol–water partition coefficient (Wildman–Crippen LogP) is 11.8. The number of benzene rings is 2. The van der Waals surface area contributed by atoms with Gasteiger partial charge < -0.3 is 0 Å². The standard InChI is InChI=1S/C13H14.C6H14S.C4H10.6CH4/c1-10(2)12-9-5-7-11-6-3-4-8-13(11)12;1-6(2)4-3-5-7;1-4(2)3;;;;;;/h3-10H,1-2H3;6-7H,3-5H2,1-2H3;4H,1-3H3;6*1H4. The smallest absolute Gasteiger partial charge is 0.00978 e. The van der Waals surface area contributed by atoms with Gasteiger partial charge in [-0.2, -0.15) is 12.6 Å². The molecule has 0 saturated carbocycles. The largest absolute Gasteiger partial charge is 0.179 e. The van der Waals surface area contributed by atoms with Crippen molar-refractivity contribution >= 4 is 23.4 Å². The van der Waals surface area contributed by atoms with Crippen molar-refractivity contribution in [1.82, 2.24) is 0 Å². The minimum Gasteiger partial charge on any atom is -0.179 e. The molecule has 2 rings (SSSR count). The monoisotopic (exact) mass is 442 g/mol. The average Bonchev–Trinajstić information content (AvgIpc) is 2.52. The van der Waals surface area contributed by atoms with Crippen LogP contribution in [0.5, 0.6) is 0 Å². The third kappa shape index (κ3) is 23.3. The minimum atomic E-state index is 0. The van der Waals surface area contributed by atoms with E-state index in [1.165, 1.54) is 29.2 Å². The van der Waals surface area contributed by atoms with Gasteiger partial charge in [0.05, 0.1) is 0 Å². The fraction of sp³-hybridized carbons (Fsp3) is 0.655. The summed E-state index contributed by atoms with van der Waals surface area (Å²) in [6.07, 6.45) is 2.59. The summed E-state index contributed by atoms with van der Waals surface area (Å²) >= 11 is 4.10. The summed E-state index contributed by atoms with van der Waals surface area (Å²) < 4.78 is 0. The molecule has 0 aromatic heterocycles. The average molecular weight is 443 g/mol. The Morgan fingerprint density at radius 1 is 0.667 bits per heavy atom. The van der Waals surface area contributed by atoms with Gasteiger partial charge in [0.2, 0.25) is 0 Å². The van der Waals surface area contributed by atoms with Crippen LogP contribution in [0, 0.1) is 11.8 Å². The summed E-state index contributed by atoms with van der Waals surface area (Å²) in [4.78, 5) is 0. The molecule has 1 heteroatoms. The SMILES string of the molecule is C.C.C.C.C.C.CC(C)C.CC(C)CCCS.CC(C)c1cccc2ccccc12. The first-order valence-electron chi connectivity index (χ1n) is 9.38. The molecule has 0 heterocycles. The molecule has 0 N–H and O–H groups in total. The molecule has 2 aromatic rings. The zero-order valence-electron chi connectivity index (χ0n) is 16.8. The second-order valence-corrected chi connectivity index (χ2v) is 8.16. The van der Waals surface area contributed by atoms with Crippen molar-refractivity contribution in [2.45, 2.75) is 112 Å². The Hall–Kier alpha value is -0.950. The maximum absolute atomic E-state index is 4.10. The molecule has 30 heavy (non-hydrogen) atoms. The van der Waals surface area contributed by atoms with E-state index in [9.17, 15) is 0 Å². The van der Waals surface area contributed by atoms with Crippen molar-refractivity contribution in [2.75, 3.05) is 5.75 Å². The Balaban J connectivity index is -0.0000000552. The number of hydrogen-bond donors (Lipinski definition) is 1. The van der Waals surface area contributed by atoms with E-state index in [4.69, 9.17) is 0 Å². The molecule has 0 spiro atoms. The molecular formula is C29H62S. The van der Waals surface area contributed by atoms with Crippen LogP contribution < -0.4 is 0 Å². The fourth-order valence-electron chi connectivity index (χ4n) is 2.25.